The molecular weight excluding hydrogens is 317 g/mol. The number of aromatic amines is 1. The van der Waals surface area contributed by atoms with Gasteiger partial charge in [-0.3, -0.25) is 9.89 Å². The minimum absolute atomic E-state index is 0.230. The van der Waals surface area contributed by atoms with E-state index in [1.165, 1.54) is 22.7 Å². The van der Waals surface area contributed by atoms with Gasteiger partial charge in [0.25, 0.3) is 5.56 Å². The molecule has 0 saturated heterocycles. The second kappa shape index (κ2) is 5.70. The van der Waals surface area contributed by atoms with Crippen LogP contribution in [0.1, 0.15) is 11.3 Å². The van der Waals surface area contributed by atoms with E-state index < -0.39 is 0 Å². The highest BCUT2D eigenvalue weighted by atomic mass is 19.1. The second-order valence-electron chi connectivity index (χ2n) is 6.13. The van der Waals surface area contributed by atoms with Crippen molar-refractivity contribution in [1.29, 1.82) is 0 Å². The number of rotatable bonds is 2. The summed E-state index contributed by atoms with van der Waals surface area (Å²) in [6.07, 6.45) is 0. The average molecular weight is 333 g/mol. The SMILES string of the molecule is Cc1cccc(-c2c(C)[nH]n3c(=O)cc(-c4cccc(F)c4)nc23)c1. The first-order valence-electron chi connectivity index (χ1n) is 7.98. The third kappa shape index (κ3) is 2.63. The lowest BCUT2D eigenvalue weighted by molar-refractivity contribution is 0.628. The van der Waals surface area contributed by atoms with Crippen molar-refractivity contribution in [2.45, 2.75) is 13.8 Å². The molecule has 0 saturated carbocycles. The summed E-state index contributed by atoms with van der Waals surface area (Å²) < 4.78 is 15.0. The Labute approximate surface area is 143 Å². The molecule has 0 fully saturated rings. The fraction of sp³-hybridized carbons (Fsp3) is 0.100. The lowest BCUT2D eigenvalue weighted by Crippen LogP contribution is -2.14. The highest BCUT2D eigenvalue weighted by Crippen LogP contribution is 2.28. The molecule has 4 rings (SSSR count). The van der Waals surface area contributed by atoms with Crippen molar-refractivity contribution in [3.8, 4) is 22.4 Å². The van der Waals surface area contributed by atoms with Crippen molar-refractivity contribution in [3.63, 3.8) is 0 Å². The maximum Gasteiger partial charge on any atom is 0.273 e. The van der Waals surface area contributed by atoms with Crippen LogP contribution in [0.4, 0.5) is 4.39 Å². The molecule has 0 spiro atoms. The van der Waals surface area contributed by atoms with E-state index in [1.54, 1.807) is 12.1 Å². The molecule has 2 aromatic heterocycles. The van der Waals surface area contributed by atoms with Gasteiger partial charge in [-0.25, -0.2) is 13.9 Å². The Bertz CT molecular complexity index is 1160. The summed E-state index contributed by atoms with van der Waals surface area (Å²) in [7, 11) is 0. The van der Waals surface area contributed by atoms with Gasteiger partial charge in [-0.1, -0.05) is 42.0 Å². The van der Waals surface area contributed by atoms with Crippen molar-refractivity contribution in [3.05, 3.63) is 82.0 Å². The first kappa shape index (κ1) is 15.3. The Balaban J connectivity index is 2.02. The van der Waals surface area contributed by atoms with E-state index in [-0.39, 0.29) is 11.4 Å². The lowest BCUT2D eigenvalue weighted by Gasteiger charge is -2.04. The molecule has 0 amide bonds. The maximum atomic E-state index is 13.5. The molecule has 0 radical (unpaired) electrons. The smallest absolute Gasteiger partial charge is 0.273 e. The molecule has 2 aromatic carbocycles. The number of nitrogens with zero attached hydrogens (tertiary/aromatic N) is 2. The minimum atomic E-state index is -0.358. The summed E-state index contributed by atoms with van der Waals surface area (Å²) in [6.45, 7) is 3.93. The molecule has 2 heterocycles. The van der Waals surface area contributed by atoms with E-state index in [0.717, 1.165) is 22.4 Å². The van der Waals surface area contributed by atoms with E-state index in [4.69, 9.17) is 0 Å². The molecule has 25 heavy (non-hydrogen) atoms. The number of H-pyrrole nitrogens is 1. The van der Waals surface area contributed by atoms with Crippen LogP contribution >= 0.6 is 0 Å². The zero-order valence-corrected chi connectivity index (χ0v) is 13.9. The molecule has 0 atom stereocenters. The van der Waals surface area contributed by atoms with Crippen LogP contribution in [0.15, 0.2) is 59.4 Å². The van der Waals surface area contributed by atoms with Crippen LogP contribution < -0.4 is 5.56 Å². The number of halogens is 1. The first-order chi connectivity index (χ1) is 12.0. The molecule has 5 heteroatoms. The van der Waals surface area contributed by atoms with Crippen LogP contribution in [-0.2, 0) is 0 Å². The van der Waals surface area contributed by atoms with Gasteiger partial charge in [-0.15, -0.1) is 0 Å². The number of fused-ring (bicyclic) bond motifs is 1. The Hall–Kier alpha value is -3.21. The number of hydrogen-bond donors (Lipinski definition) is 1. The molecule has 0 unspecified atom stereocenters. The van der Waals surface area contributed by atoms with Crippen molar-refractivity contribution < 1.29 is 4.39 Å². The number of aryl methyl sites for hydroxylation is 2. The van der Waals surface area contributed by atoms with E-state index in [1.807, 2.05) is 32.0 Å². The maximum absolute atomic E-state index is 13.5. The van der Waals surface area contributed by atoms with E-state index >= 15 is 0 Å². The van der Waals surface area contributed by atoms with Crippen molar-refractivity contribution in [2.75, 3.05) is 0 Å². The Morgan fingerprint density at radius 3 is 2.52 bits per heavy atom. The van der Waals surface area contributed by atoms with Gasteiger partial charge in [0, 0.05) is 22.9 Å². The van der Waals surface area contributed by atoms with Gasteiger partial charge in [0.1, 0.15) is 5.82 Å². The zero-order valence-electron chi connectivity index (χ0n) is 13.9. The largest absolute Gasteiger partial charge is 0.293 e. The standard InChI is InChI=1S/C20H16FN3O/c1-12-5-3-7-15(9-12)19-13(2)23-24-18(25)11-17(22-20(19)24)14-6-4-8-16(21)10-14/h3-11,23H,1-2H3. The Morgan fingerprint density at radius 1 is 1.00 bits per heavy atom. The third-order valence-corrected chi connectivity index (χ3v) is 4.22. The molecule has 124 valence electrons. The van der Waals surface area contributed by atoms with Crippen molar-refractivity contribution in [2.24, 2.45) is 0 Å². The summed E-state index contributed by atoms with van der Waals surface area (Å²) in [5.74, 6) is -0.358. The topological polar surface area (TPSA) is 50.2 Å². The summed E-state index contributed by atoms with van der Waals surface area (Å²) in [6, 6.07) is 15.6. The molecule has 0 aliphatic heterocycles. The zero-order chi connectivity index (χ0) is 17.6. The molecule has 0 bridgehead atoms. The molecular formula is C20H16FN3O. The number of aromatic nitrogens is 3. The van der Waals surface area contributed by atoms with Crippen LogP contribution in [-0.4, -0.2) is 14.6 Å². The minimum Gasteiger partial charge on any atom is -0.293 e. The third-order valence-electron chi connectivity index (χ3n) is 4.22. The van der Waals surface area contributed by atoms with Crippen LogP contribution in [0, 0.1) is 19.7 Å². The Morgan fingerprint density at radius 2 is 1.76 bits per heavy atom. The summed E-state index contributed by atoms with van der Waals surface area (Å²) in [5.41, 5.74) is 5.18. The van der Waals surface area contributed by atoms with Gasteiger partial charge >= 0.3 is 0 Å². The number of benzene rings is 2. The van der Waals surface area contributed by atoms with E-state index in [0.29, 0.717) is 16.9 Å². The van der Waals surface area contributed by atoms with E-state index in [2.05, 4.69) is 16.1 Å². The second-order valence-corrected chi connectivity index (χ2v) is 6.13. The molecule has 0 aliphatic rings. The predicted octanol–water partition coefficient (Wildman–Crippen LogP) is 4.11. The fourth-order valence-corrected chi connectivity index (χ4v) is 3.09. The highest BCUT2D eigenvalue weighted by molar-refractivity contribution is 5.81. The van der Waals surface area contributed by atoms with E-state index in [9.17, 15) is 9.18 Å². The summed E-state index contributed by atoms with van der Waals surface area (Å²) in [4.78, 5) is 17.2. The normalized spacial score (nSPS) is 11.2. The van der Waals surface area contributed by atoms with Gasteiger partial charge in [-0.05, 0) is 31.5 Å². The van der Waals surface area contributed by atoms with Gasteiger partial charge in [0.05, 0.1) is 5.69 Å². The predicted molar refractivity (Wildman–Crippen MR) is 96.1 cm³/mol. The lowest BCUT2D eigenvalue weighted by atomic mass is 10.0. The van der Waals surface area contributed by atoms with Crippen LogP contribution in [0.25, 0.3) is 28.0 Å². The van der Waals surface area contributed by atoms with Crippen LogP contribution in [0.2, 0.25) is 0 Å². The van der Waals surface area contributed by atoms with Gasteiger partial charge in [-0.2, -0.15) is 0 Å². The number of hydrogen-bond acceptors (Lipinski definition) is 2. The van der Waals surface area contributed by atoms with Gasteiger partial charge in [0.2, 0.25) is 0 Å². The first-order valence-corrected chi connectivity index (χ1v) is 7.98. The molecule has 0 aliphatic carbocycles. The van der Waals surface area contributed by atoms with Gasteiger partial charge < -0.3 is 0 Å². The molecule has 1 N–H and O–H groups in total. The van der Waals surface area contributed by atoms with Crippen LogP contribution in [0.3, 0.4) is 0 Å². The summed E-state index contributed by atoms with van der Waals surface area (Å²) in [5, 5.41) is 3.07. The number of nitrogens with one attached hydrogen (secondary N) is 1. The highest BCUT2D eigenvalue weighted by Gasteiger charge is 2.15. The quantitative estimate of drug-likeness (QED) is 0.600. The molecule has 4 aromatic rings. The van der Waals surface area contributed by atoms with Crippen molar-refractivity contribution in [1.82, 2.24) is 14.6 Å². The fourth-order valence-electron chi connectivity index (χ4n) is 3.09. The van der Waals surface area contributed by atoms with Crippen LogP contribution in [0.5, 0.6) is 0 Å². The summed E-state index contributed by atoms with van der Waals surface area (Å²) >= 11 is 0. The monoisotopic (exact) mass is 333 g/mol. The average Bonchev–Trinajstić information content (AvgIpc) is 2.91. The molecule has 4 nitrogen and oxygen atoms in total. The Kier molecular flexibility index (Phi) is 3.50. The van der Waals surface area contributed by atoms with Gasteiger partial charge in [0.15, 0.2) is 5.65 Å². The van der Waals surface area contributed by atoms with Crippen molar-refractivity contribution >= 4 is 5.65 Å².